The highest BCUT2D eigenvalue weighted by atomic mass is 19.2. The largest absolute Gasteiger partial charge is 0.493 e. The van der Waals surface area contributed by atoms with Crippen molar-refractivity contribution in [2.45, 2.75) is 0 Å². The van der Waals surface area contributed by atoms with E-state index >= 15 is 0 Å². The van der Waals surface area contributed by atoms with Gasteiger partial charge in [0.05, 0.1) is 12.7 Å². The van der Waals surface area contributed by atoms with Gasteiger partial charge in [-0.25, -0.2) is 4.39 Å². The number of ether oxygens (including phenoxy) is 1. The van der Waals surface area contributed by atoms with Gasteiger partial charge in [-0.1, -0.05) is 0 Å². The number of halogens is 2. The van der Waals surface area contributed by atoms with Crippen LogP contribution in [-0.2, 0) is 0 Å². The molecule has 0 heterocycles. The molecule has 0 saturated heterocycles. The maximum atomic E-state index is 13.1. The van der Waals surface area contributed by atoms with Crippen molar-refractivity contribution >= 4 is 5.91 Å². The Balaban J connectivity index is 3.31. The molecule has 0 radical (unpaired) electrons. The highest BCUT2D eigenvalue weighted by Gasteiger charge is 2.18. The molecule has 0 fully saturated rings. The zero-order valence-electron chi connectivity index (χ0n) is 7.73. The fourth-order valence-corrected chi connectivity index (χ4v) is 1.05. The molecular formula is C9H9F2NO2. The molecule has 0 saturated carbocycles. The maximum Gasteiger partial charge on any atom is 0.254 e. The Morgan fingerprint density at radius 1 is 1.43 bits per heavy atom. The lowest BCUT2D eigenvalue weighted by molar-refractivity contribution is 0.0959. The third kappa shape index (κ3) is 1.66. The van der Waals surface area contributed by atoms with Crippen LogP contribution in [0.4, 0.5) is 8.78 Å². The molecule has 0 atom stereocenters. The molecule has 0 aliphatic carbocycles. The molecule has 0 aromatic heterocycles. The quantitative estimate of drug-likeness (QED) is 0.783. The monoisotopic (exact) mass is 201 g/mol. The Kier molecular flexibility index (Phi) is 3.01. The molecule has 1 aromatic carbocycles. The van der Waals surface area contributed by atoms with Gasteiger partial charge in [0, 0.05) is 7.05 Å². The summed E-state index contributed by atoms with van der Waals surface area (Å²) in [6.45, 7) is 0. The summed E-state index contributed by atoms with van der Waals surface area (Å²) in [6, 6.07) is 2.04. The third-order valence-corrected chi connectivity index (χ3v) is 1.73. The summed E-state index contributed by atoms with van der Waals surface area (Å²) in [5.74, 6) is -3.12. The minimum Gasteiger partial charge on any atom is -0.493 e. The Morgan fingerprint density at radius 2 is 2.07 bits per heavy atom. The number of amides is 1. The first-order valence-corrected chi connectivity index (χ1v) is 3.86. The topological polar surface area (TPSA) is 38.3 Å². The second kappa shape index (κ2) is 4.04. The number of methoxy groups -OCH3 is 1. The number of carbonyl (C=O) groups is 1. The number of carbonyl (C=O) groups excluding carboxylic acids is 1. The number of hydrogen-bond donors (Lipinski definition) is 1. The van der Waals surface area contributed by atoms with Gasteiger partial charge in [0.2, 0.25) is 5.82 Å². The molecule has 14 heavy (non-hydrogen) atoms. The molecule has 1 aromatic rings. The van der Waals surface area contributed by atoms with Crippen LogP contribution < -0.4 is 10.1 Å². The first kappa shape index (κ1) is 10.4. The van der Waals surface area contributed by atoms with Gasteiger partial charge in [-0.05, 0) is 12.1 Å². The number of nitrogens with one attached hydrogen (secondary N) is 1. The third-order valence-electron chi connectivity index (χ3n) is 1.73. The van der Waals surface area contributed by atoms with E-state index in [0.717, 1.165) is 12.1 Å². The van der Waals surface area contributed by atoms with Crippen LogP contribution in [0.2, 0.25) is 0 Å². The van der Waals surface area contributed by atoms with E-state index in [1.54, 1.807) is 0 Å². The van der Waals surface area contributed by atoms with Crippen molar-refractivity contribution in [3.05, 3.63) is 29.3 Å². The van der Waals surface area contributed by atoms with E-state index in [9.17, 15) is 13.6 Å². The van der Waals surface area contributed by atoms with Crippen LogP contribution in [0.3, 0.4) is 0 Å². The number of hydrogen-bond acceptors (Lipinski definition) is 2. The van der Waals surface area contributed by atoms with Gasteiger partial charge in [-0.3, -0.25) is 4.79 Å². The van der Waals surface area contributed by atoms with Crippen LogP contribution in [0.25, 0.3) is 0 Å². The van der Waals surface area contributed by atoms with Crippen LogP contribution in [0.5, 0.6) is 5.75 Å². The van der Waals surface area contributed by atoms with Crippen molar-refractivity contribution in [1.29, 1.82) is 0 Å². The van der Waals surface area contributed by atoms with Crippen molar-refractivity contribution in [1.82, 2.24) is 5.32 Å². The zero-order valence-corrected chi connectivity index (χ0v) is 7.73. The molecule has 3 nitrogen and oxygen atoms in total. The van der Waals surface area contributed by atoms with Crippen LogP contribution in [0, 0.1) is 11.6 Å². The molecule has 1 rings (SSSR count). The average molecular weight is 201 g/mol. The predicted molar refractivity (Wildman–Crippen MR) is 46.3 cm³/mol. The summed E-state index contributed by atoms with van der Waals surface area (Å²) in [5, 5.41) is 2.29. The summed E-state index contributed by atoms with van der Waals surface area (Å²) in [7, 11) is 2.56. The molecule has 0 unspecified atom stereocenters. The molecule has 0 bridgehead atoms. The van der Waals surface area contributed by atoms with E-state index in [-0.39, 0.29) is 11.3 Å². The zero-order chi connectivity index (χ0) is 10.7. The lowest BCUT2D eigenvalue weighted by Crippen LogP contribution is -2.19. The van der Waals surface area contributed by atoms with Gasteiger partial charge in [-0.15, -0.1) is 0 Å². The lowest BCUT2D eigenvalue weighted by Gasteiger charge is -2.08. The van der Waals surface area contributed by atoms with Gasteiger partial charge in [-0.2, -0.15) is 4.39 Å². The fourth-order valence-electron chi connectivity index (χ4n) is 1.05. The van der Waals surface area contributed by atoms with E-state index < -0.39 is 17.5 Å². The SMILES string of the molecule is CNC(=O)c1ccc(F)c(F)c1OC. The van der Waals surface area contributed by atoms with Crippen LogP contribution in [0.1, 0.15) is 10.4 Å². The van der Waals surface area contributed by atoms with Crippen LogP contribution >= 0.6 is 0 Å². The standard InChI is InChI=1S/C9H9F2NO2/c1-12-9(13)5-3-4-6(10)7(11)8(5)14-2/h3-4H,1-2H3,(H,12,13). The van der Waals surface area contributed by atoms with E-state index in [0.29, 0.717) is 0 Å². The minimum atomic E-state index is -1.16. The first-order chi connectivity index (χ1) is 6.61. The van der Waals surface area contributed by atoms with Gasteiger partial charge in [0.25, 0.3) is 5.91 Å². The van der Waals surface area contributed by atoms with E-state index in [2.05, 4.69) is 10.1 Å². The van der Waals surface area contributed by atoms with E-state index in [1.807, 2.05) is 0 Å². The van der Waals surface area contributed by atoms with Crippen molar-refractivity contribution in [3.8, 4) is 5.75 Å². The van der Waals surface area contributed by atoms with Crippen LogP contribution in [-0.4, -0.2) is 20.1 Å². The summed E-state index contributed by atoms with van der Waals surface area (Å²) in [5.41, 5.74) is -0.0334. The van der Waals surface area contributed by atoms with E-state index in [1.165, 1.54) is 14.2 Å². The van der Waals surface area contributed by atoms with Crippen molar-refractivity contribution in [3.63, 3.8) is 0 Å². The minimum absolute atomic E-state index is 0.0334. The molecule has 76 valence electrons. The Bertz CT molecular complexity index is 366. The Labute approximate surface area is 79.7 Å². The molecule has 1 amide bonds. The molecule has 0 spiro atoms. The summed E-state index contributed by atoms with van der Waals surface area (Å²) < 4.78 is 30.4. The van der Waals surface area contributed by atoms with Crippen LogP contribution in [0.15, 0.2) is 12.1 Å². The second-order valence-electron chi connectivity index (χ2n) is 2.52. The first-order valence-electron chi connectivity index (χ1n) is 3.86. The van der Waals surface area contributed by atoms with E-state index in [4.69, 9.17) is 0 Å². The molecule has 0 aliphatic rings. The molecule has 5 heteroatoms. The highest BCUT2D eigenvalue weighted by molar-refractivity contribution is 5.96. The van der Waals surface area contributed by atoms with Crippen molar-refractivity contribution in [2.24, 2.45) is 0 Å². The van der Waals surface area contributed by atoms with Gasteiger partial charge in [0.1, 0.15) is 0 Å². The normalized spacial score (nSPS) is 9.71. The Hall–Kier alpha value is -1.65. The summed E-state index contributed by atoms with van der Waals surface area (Å²) in [4.78, 5) is 11.2. The highest BCUT2D eigenvalue weighted by Crippen LogP contribution is 2.24. The smallest absolute Gasteiger partial charge is 0.254 e. The fraction of sp³-hybridized carbons (Fsp3) is 0.222. The Morgan fingerprint density at radius 3 is 2.57 bits per heavy atom. The number of rotatable bonds is 2. The second-order valence-corrected chi connectivity index (χ2v) is 2.52. The van der Waals surface area contributed by atoms with Crippen molar-refractivity contribution in [2.75, 3.05) is 14.2 Å². The maximum absolute atomic E-state index is 13.1. The molecular weight excluding hydrogens is 192 g/mol. The summed E-state index contributed by atoms with van der Waals surface area (Å²) in [6.07, 6.45) is 0. The average Bonchev–Trinajstić information content (AvgIpc) is 2.20. The predicted octanol–water partition coefficient (Wildman–Crippen LogP) is 1.33. The molecule has 0 aliphatic heterocycles. The van der Waals surface area contributed by atoms with Crippen molar-refractivity contribution < 1.29 is 18.3 Å². The lowest BCUT2D eigenvalue weighted by atomic mass is 10.1. The van der Waals surface area contributed by atoms with Gasteiger partial charge >= 0.3 is 0 Å². The molecule has 1 N–H and O–H groups in total. The van der Waals surface area contributed by atoms with Gasteiger partial charge < -0.3 is 10.1 Å². The van der Waals surface area contributed by atoms with Gasteiger partial charge in [0.15, 0.2) is 11.6 Å². The summed E-state index contributed by atoms with van der Waals surface area (Å²) >= 11 is 0. The number of benzene rings is 1.